The van der Waals surface area contributed by atoms with E-state index in [-0.39, 0.29) is 17.6 Å². The minimum atomic E-state index is -0.424. The normalized spacial score (nSPS) is 14.6. The van der Waals surface area contributed by atoms with Crippen molar-refractivity contribution in [2.24, 2.45) is 0 Å². The number of pyridine rings is 1. The van der Waals surface area contributed by atoms with Crippen molar-refractivity contribution in [3.63, 3.8) is 0 Å². The van der Waals surface area contributed by atoms with Crippen LogP contribution >= 0.6 is 0 Å². The molecule has 1 aliphatic rings. The van der Waals surface area contributed by atoms with Crippen LogP contribution in [-0.4, -0.2) is 60.1 Å². The molecule has 0 atom stereocenters. The fourth-order valence-corrected chi connectivity index (χ4v) is 3.75. The Morgan fingerprint density at radius 3 is 2.31 bits per heavy atom. The number of nitrogens with one attached hydrogen (secondary N) is 2. The zero-order valence-electron chi connectivity index (χ0n) is 20.7. The first kappa shape index (κ1) is 24.4. The van der Waals surface area contributed by atoms with Gasteiger partial charge in [-0.15, -0.1) is 0 Å². The largest absolute Gasteiger partial charge is 0.368 e. The molecule has 35 heavy (non-hydrogen) atoms. The summed E-state index contributed by atoms with van der Waals surface area (Å²) in [5.41, 5.74) is 2.75. The molecule has 1 aromatic carbocycles. The highest BCUT2D eigenvalue weighted by Gasteiger charge is 2.20. The summed E-state index contributed by atoms with van der Waals surface area (Å²) >= 11 is 0. The maximum atomic E-state index is 12.7. The summed E-state index contributed by atoms with van der Waals surface area (Å²) in [6.45, 7) is 9.97. The van der Waals surface area contributed by atoms with Gasteiger partial charge in [0.15, 0.2) is 11.6 Å². The Balaban J connectivity index is 1.29. The summed E-state index contributed by atoms with van der Waals surface area (Å²) in [7, 11) is 2.12. The van der Waals surface area contributed by atoms with Crippen LogP contribution in [0, 0.1) is 0 Å². The van der Waals surface area contributed by atoms with Crippen LogP contribution in [0.4, 0.5) is 22.0 Å². The molecule has 3 aromatic rings. The number of aromatic nitrogens is 2. The predicted molar refractivity (Wildman–Crippen MR) is 136 cm³/mol. The van der Waals surface area contributed by atoms with E-state index in [0.717, 1.165) is 37.4 Å². The van der Waals surface area contributed by atoms with E-state index in [9.17, 15) is 9.59 Å². The van der Waals surface area contributed by atoms with Crippen LogP contribution in [0.3, 0.4) is 0 Å². The summed E-state index contributed by atoms with van der Waals surface area (Å²) < 4.78 is 5.28. The lowest BCUT2D eigenvalue weighted by Crippen LogP contribution is -2.44. The molecular weight excluding hydrogens is 444 g/mol. The van der Waals surface area contributed by atoms with Crippen molar-refractivity contribution >= 4 is 29.0 Å². The number of hydrogen-bond donors (Lipinski definition) is 2. The molecule has 1 aliphatic heterocycles. The van der Waals surface area contributed by atoms with Crippen LogP contribution in [0.5, 0.6) is 0 Å². The van der Waals surface area contributed by atoms with E-state index in [2.05, 4.69) is 37.6 Å². The number of ketones is 1. The van der Waals surface area contributed by atoms with Crippen LogP contribution < -0.4 is 15.5 Å². The summed E-state index contributed by atoms with van der Waals surface area (Å²) in [6.07, 6.45) is 2.02. The molecule has 0 spiro atoms. The van der Waals surface area contributed by atoms with Crippen molar-refractivity contribution < 1.29 is 14.1 Å². The number of rotatable bonds is 6. The second-order valence-electron chi connectivity index (χ2n) is 9.89. The van der Waals surface area contributed by atoms with Crippen molar-refractivity contribution in [1.29, 1.82) is 0 Å². The topological polar surface area (TPSA) is 104 Å². The van der Waals surface area contributed by atoms with E-state index in [1.54, 1.807) is 30.5 Å². The second-order valence-corrected chi connectivity index (χ2v) is 9.89. The summed E-state index contributed by atoms with van der Waals surface area (Å²) in [5, 5.41) is 9.29. The number of carbonyl (C=O) groups excluding carboxylic acids is 2. The van der Waals surface area contributed by atoms with Gasteiger partial charge in [-0.25, -0.2) is 4.79 Å². The van der Waals surface area contributed by atoms with Crippen LogP contribution in [-0.2, 0) is 11.8 Å². The van der Waals surface area contributed by atoms with Gasteiger partial charge in [0.25, 0.3) is 0 Å². The van der Waals surface area contributed by atoms with Crippen molar-refractivity contribution in [2.75, 3.05) is 48.8 Å². The molecule has 1 fully saturated rings. The SMILES string of the molecule is CN1CCN(c2ccc(C(=O)Cc3ccc(NC(=O)Nc4cc(C(C)(C)C)on4)cc3)nc2)CC1. The molecule has 3 heterocycles. The molecule has 9 heteroatoms. The van der Waals surface area contributed by atoms with Crippen molar-refractivity contribution in [1.82, 2.24) is 15.0 Å². The molecule has 0 saturated carbocycles. The summed E-state index contributed by atoms with van der Waals surface area (Å²) in [5.74, 6) is 0.986. The zero-order chi connectivity index (χ0) is 25.0. The van der Waals surface area contributed by atoms with Gasteiger partial charge in [0, 0.05) is 49.8 Å². The molecule has 1 saturated heterocycles. The fraction of sp³-hybridized carbons (Fsp3) is 0.385. The molecule has 2 aromatic heterocycles. The monoisotopic (exact) mass is 476 g/mol. The predicted octanol–water partition coefficient (Wildman–Crippen LogP) is 4.19. The van der Waals surface area contributed by atoms with Crippen LogP contribution in [0.2, 0.25) is 0 Å². The molecule has 0 bridgehead atoms. The van der Waals surface area contributed by atoms with E-state index in [0.29, 0.717) is 23.0 Å². The quantitative estimate of drug-likeness (QED) is 0.514. The third-order valence-corrected chi connectivity index (χ3v) is 5.97. The molecule has 0 aliphatic carbocycles. The van der Waals surface area contributed by atoms with Crippen molar-refractivity contribution in [3.8, 4) is 0 Å². The standard InChI is InChI=1S/C26H32N6O3/c1-26(2,3)23-16-24(30-35-23)29-25(34)28-19-7-5-18(6-8-19)15-22(33)21-10-9-20(17-27-21)32-13-11-31(4)12-14-32/h5-10,16-17H,11-15H2,1-4H3,(H2,28,29,30,34). The molecule has 0 radical (unpaired) electrons. The van der Waals surface area contributed by atoms with Crippen LogP contribution in [0.1, 0.15) is 42.6 Å². The Morgan fingerprint density at radius 2 is 1.71 bits per heavy atom. The smallest absolute Gasteiger partial charge is 0.324 e. The number of Topliss-reactive ketones (excluding diaryl/α,β-unsaturated/α-hetero) is 1. The highest BCUT2D eigenvalue weighted by Crippen LogP contribution is 2.24. The molecule has 4 rings (SSSR count). The third kappa shape index (κ3) is 6.45. The van der Waals surface area contributed by atoms with Gasteiger partial charge in [-0.3, -0.25) is 15.1 Å². The van der Waals surface area contributed by atoms with E-state index >= 15 is 0 Å². The van der Waals surface area contributed by atoms with Gasteiger partial charge in [0.2, 0.25) is 0 Å². The molecule has 2 N–H and O–H groups in total. The maximum absolute atomic E-state index is 12.7. The average Bonchev–Trinajstić information content (AvgIpc) is 3.30. The number of benzene rings is 1. The first-order valence-corrected chi connectivity index (χ1v) is 11.7. The van der Waals surface area contributed by atoms with Gasteiger partial charge in [0.1, 0.15) is 11.5 Å². The fourth-order valence-electron chi connectivity index (χ4n) is 3.75. The third-order valence-electron chi connectivity index (χ3n) is 5.97. The Bertz CT molecular complexity index is 1160. The lowest BCUT2D eigenvalue weighted by atomic mass is 9.93. The zero-order valence-corrected chi connectivity index (χ0v) is 20.7. The van der Waals surface area contributed by atoms with Gasteiger partial charge in [-0.05, 0) is 36.9 Å². The molecular formula is C26H32N6O3. The first-order chi connectivity index (χ1) is 16.7. The Hall–Kier alpha value is -3.72. The number of piperazine rings is 1. The average molecular weight is 477 g/mol. The Labute approximate surface area is 205 Å². The lowest BCUT2D eigenvalue weighted by Gasteiger charge is -2.33. The first-order valence-electron chi connectivity index (χ1n) is 11.7. The van der Waals surface area contributed by atoms with Crippen LogP contribution in [0.25, 0.3) is 0 Å². The van der Waals surface area contributed by atoms with E-state index in [1.165, 1.54) is 0 Å². The van der Waals surface area contributed by atoms with E-state index in [1.807, 2.05) is 39.0 Å². The van der Waals surface area contributed by atoms with Crippen molar-refractivity contribution in [2.45, 2.75) is 32.6 Å². The van der Waals surface area contributed by atoms with Gasteiger partial charge >= 0.3 is 6.03 Å². The number of likely N-dealkylation sites (N-methyl/N-ethyl adjacent to an activating group) is 1. The number of amides is 2. The number of nitrogens with zero attached hydrogens (tertiary/aromatic N) is 4. The molecule has 2 amide bonds. The van der Waals surface area contributed by atoms with Gasteiger partial charge in [-0.1, -0.05) is 38.1 Å². The van der Waals surface area contributed by atoms with Crippen molar-refractivity contribution in [3.05, 3.63) is 65.7 Å². The van der Waals surface area contributed by atoms with E-state index in [4.69, 9.17) is 4.52 Å². The number of hydrogen-bond acceptors (Lipinski definition) is 7. The summed E-state index contributed by atoms with van der Waals surface area (Å²) in [6, 6.07) is 12.2. The van der Waals surface area contributed by atoms with Crippen LogP contribution in [0.15, 0.2) is 53.2 Å². The molecule has 9 nitrogen and oxygen atoms in total. The second kappa shape index (κ2) is 10.3. The summed E-state index contributed by atoms with van der Waals surface area (Å²) in [4.78, 5) is 34.0. The van der Waals surface area contributed by atoms with Gasteiger partial charge in [-0.2, -0.15) is 0 Å². The van der Waals surface area contributed by atoms with E-state index < -0.39 is 6.03 Å². The van der Waals surface area contributed by atoms with Gasteiger partial charge in [0.05, 0.1) is 11.9 Å². The minimum Gasteiger partial charge on any atom is -0.368 e. The lowest BCUT2D eigenvalue weighted by molar-refractivity contribution is 0.0988. The number of urea groups is 1. The minimum absolute atomic E-state index is 0.0472. The Kier molecular flexibility index (Phi) is 7.16. The highest BCUT2D eigenvalue weighted by atomic mass is 16.5. The highest BCUT2D eigenvalue weighted by molar-refractivity contribution is 5.99. The number of anilines is 3. The molecule has 184 valence electrons. The number of carbonyl (C=O) groups is 2. The molecule has 0 unspecified atom stereocenters. The Morgan fingerprint density at radius 1 is 1.00 bits per heavy atom. The van der Waals surface area contributed by atoms with Gasteiger partial charge < -0.3 is 19.6 Å². The maximum Gasteiger partial charge on any atom is 0.324 e.